The molecular formula is C9H10F3NO. The molecule has 0 atom stereocenters. The van der Waals surface area contributed by atoms with Crippen LogP contribution in [-0.4, -0.2) is 30.1 Å². The molecule has 0 aromatic carbocycles. The molecule has 0 aromatic heterocycles. The van der Waals surface area contributed by atoms with Crippen molar-refractivity contribution in [2.24, 2.45) is 0 Å². The second-order valence-electron chi connectivity index (χ2n) is 3.18. The maximum atomic E-state index is 12.0. The topological polar surface area (TPSA) is 20.3 Å². The van der Waals surface area contributed by atoms with Gasteiger partial charge in [0.05, 0.1) is 0 Å². The molecule has 0 bridgehead atoms. The smallest absolute Gasteiger partial charge is 0.330 e. The van der Waals surface area contributed by atoms with E-state index in [2.05, 4.69) is 13.2 Å². The zero-order valence-corrected chi connectivity index (χ0v) is 7.52. The van der Waals surface area contributed by atoms with Gasteiger partial charge in [-0.15, -0.1) is 0 Å². The number of hydrogen-bond donors (Lipinski definition) is 0. The van der Waals surface area contributed by atoms with Gasteiger partial charge < -0.3 is 4.90 Å². The van der Waals surface area contributed by atoms with Crippen LogP contribution in [0.1, 0.15) is 6.42 Å². The summed E-state index contributed by atoms with van der Waals surface area (Å²) in [4.78, 5) is 11.5. The van der Waals surface area contributed by atoms with Gasteiger partial charge in [-0.1, -0.05) is 13.2 Å². The van der Waals surface area contributed by atoms with Crippen molar-refractivity contribution in [1.29, 1.82) is 0 Å². The van der Waals surface area contributed by atoms with Crippen LogP contribution in [0, 0.1) is 0 Å². The van der Waals surface area contributed by atoms with Crippen molar-refractivity contribution in [3.05, 3.63) is 24.3 Å². The fourth-order valence-electron chi connectivity index (χ4n) is 1.22. The first-order valence-corrected chi connectivity index (χ1v) is 4.04. The molecule has 0 radical (unpaired) electrons. The summed E-state index contributed by atoms with van der Waals surface area (Å²) in [5.74, 6) is -1.80. The fraction of sp³-hybridized carbons (Fsp3) is 0.444. The maximum absolute atomic E-state index is 12.0. The van der Waals surface area contributed by atoms with Crippen LogP contribution in [0.2, 0.25) is 0 Å². The average molecular weight is 205 g/mol. The molecule has 1 amide bonds. The van der Waals surface area contributed by atoms with E-state index in [9.17, 15) is 18.0 Å². The molecular weight excluding hydrogens is 195 g/mol. The van der Waals surface area contributed by atoms with Gasteiger partial charge in [0.15, 0.2) is 0 Å². The van der Waals surface area contributed by atoms with Gasteiger partial charge in [0.2, 0.25) is 0 Å². The minimum absolute atomic E-state index is 0.0657. The molecule has 5 heteroatoms. The lowest BCUT2D eigenvalue weighted by Crippen LogP contribution is -2.44. The lowest BCUT2D eigenvalue weighted by molar-refractivity contribution is -0.185. The Morgan fingerprint density at radius 1 is 1.29 bits per heavy atom. The molecule has 0 unspecified atom stereocenters. The van der Waals surface area contributed by atoms with Crippen LogP contribution in [0.3, 0.4) is 0 Å². The normalized spacial score (nSPS) is 18.6. The van der Waals surface area contributed by atoms with E-state index >= 15 is 0 Å². The zero-order valence-electron chi connectivity index (χ0n) is 7.52. The van der Waals surface area contributed by atoms with Crippen LogP contribution in [0.4, 0.5) is 13.2 Å². The Morgan fingerprint density at radius 3 is 2.29 bits per heavy atom. The molecule has 1 heterocycles. The van der Waals surface area contributed by atoms with E-state index in [1.54, 1.807) is 0 Å². The van der Waals surface area contributed by atoms with Gasteiger partial charge in [-0.2, -0.15) is 13.2 Å². The van der Waals surface area contributed by atoms with Crippen LogP contribution < -0.4 is 0 Å². The Labute approximate surface area is 79.7 Å². The van der Waals surface area contributed by atoms with E-state index in [0.29, 0.717) is 12.0 Å². The Kier molecular flexibility index (Phi) is 2.69. The van der Waals surface area contributed by atoms with Crippen LogP contribution in [0.5, 0.6) is 0 Å². The Morgan fingerprint density at radius 2 is 1.86 bits per heavy atom. The van der Waals surface area contributed by atoms with Crippen molar-refractivity contribution in [3.8, 4) is 0 Å². The maximum Gasteiger partial charge on any atom is 0.471 e. The van der Waals surface area contributed by atoms with Crippen LogP contribution >= 0.6 is 0 Å². The molecule has 78 valence electrons. The largest absolute Gasteiger partial charge is 0.471 e. The summed E-state index contributed by atoms with van der Waals surface area (Å²) in [5, 5.41) is 0. The van der Waals surface area contributed by atoms with Crippen molar-refractivity contribution in [2.45, 2.75) is 12.6 Å². The lowest BCUT2D eigenvalue weighted by Gasteiger charge is -2.30. The van der Waals surface area contributed by atoms with Crippen molar-refractivity contribution in [3.63, 3.8) is 0 Å². The van der Waals surface area contributed by atoms with Gasteiger partial charge in [-0.25, -0.2) is 0 Å². The molecule has 2 nitrogen and oxygen atoms in total. The molecule has 1 fully saturated rings. The number of carbonyl (C=O) groups excluding carboxylic acids is 1. The summed E-state index contributed by atoms with van der Waals surface area (Å²) in [6, 6.07) is 0. The highest BCUT2D eigenvalue weighted by molar-refractivity contribution is 5.82. The van der Waals surface area contributed by atoms with Crippen molar-refractivity contribution < 1.29 is 18.0 Å². The highest BCUT2D eigenvalue weighted by Gasteiger charge is 2.43. The summed E-state index contributed by atoms with van der Waals surface area (Å²) in [7, 11) is 0. The van der Waals surface area contributed by atoms with Crippen molar-refractivity contribution in [2.75, 3.05) is 13.1 Å². The Hall–Kier alpha value is -1.26. The van der Waals surface area contributed by atoms with Crippen molar-refractivity contribution in [1.82, 2.24) is 4.90 Å². The van der Waals surface area contributed by atoms with Gasteiger partial charge in [0.25, 0.3) is 0 Å². The van der Waals surface area contributed by atoms with E-state index in [-0.39, 0.29) is 13.1 Å². The van der Waals surface area contributed by atoms with E-state index in [0.717, 1.165) is 10.5 Å². The standard InChI is InChI=1S/C9H10F3NO/c1-6-3-4-13(5-7(6)2)8(14)9(10,11)12/h1-5H2. The van der Waals surface area contributed by atoms with Gasteiger partial charge in [0.1, 0.15) is 0 Å². The highest BCUT2D eigenvalue weighted by Crippen LogP contribution is 2.24. The molecule has 1 saturated heterocycles. The molecule has 0 aromatic rings. The third kappa shape index (κ3) is 2.16. The van der Waals surface area contributed by atoms with Gasteiger partial charge in [0, 0.05) is 13.1 Å². The van der Waals surface area contributed by atoms with Gasteiger partial charge in [-0.05, 0) is 17.6 Å². The number of likely N-dealkylation sites (tertiary alicyclic amines) is 1. The second-order valence-corrected chi connectivity index (χ2v) is 3.18. The van der Waals surface area contributed by atoms with Gasteiger partial charge in [-0.3, -0.25) is 4.79 Å². The molecule has 1 rings (SSSR count). The monoisotopic (exact) mass is 205 g/mol. The third-order valence-electron chi connectivity index (χ3n) is 2.09. The molecule has 0 saturated carbocycles. The number of piperidine rings is 1. The van der Waals surface area contributed by atoms with E-state index in [1.807, 2.05) is 0 Å². The molecule has 0 spiro atoms. The van der Waals surface area contributed by atoms with E-state index in [4.69, 9.17) is 0 Å². The number of amides is 1. The fourth-order valence-corrected chi connectivity index (χ4v) is 1.22. The SMILES string of the molecule is C=C1CCN(C(=O)C(F)(F)F)CC1=C. The number of hydrogen-bond acceptors (Lipinski definition) is 1. The minimum Gasteiger partial charge on any atom is -0.330 e. The number of nitrogens with zero attached hydrogens (tertiary/aromatic N) is 1. The first kappa shape index (κ1) is 10.8. The average Bonchev–Trinajstić information content (AvgIpc) is 2.07. The van der Waals surface area contributed by atoms with Crippen LogP contribution in [0.15, 0.2) is 24.3 Å². The second kappa shape index (κ2) is 3.48. The molecule has 1 aliphatic rings. The summed E-state index contributed by atoms with van der Waals surface area (Å²) in [5.41, 5.74) is 1.21. The summed E-state index contributed by atoms with van der Waals surface area (Å²) >= 11 is 0. The molecule has 1 aliphatic heterocycles. The predicted molar refractivity (Wildman–Crippen MR) is 45.5 cm³/mol. The Bertz CT molecular complexity index is 293. The molecule has 14 heavy (non-hydrogen) atoms. The summed E-state index contributed by atoms with van der Waals surface area (Å²) in [6.07, 6.45) is -4.43. The van der Waals surface area contributed by atoms with E-state index < -0.39 is 12.1 Å². The predicted octanol–water partition coefficient (Wildman–Crippen LogP) is 1.89. The number of rotatable bonds is 0. The minimum atomic E-state index is -4.79. The quantitative estimate of drug-likeness (QED) is 0.591. The third-order valence-corrected chi connectivity index (χ3v) is 2.09. The Balaban J connectivity index is 2.69. The summed E-state index contributed by atoms with van der Waals surface area (Å²) < 4.78 is 36.0. The van der Waals surface area contributed by atoms with Crippen LogP contribution in [0.25, 0.3) is 0 Å². The molecule has 0 N–H and O–H groups in total. The van der Waals surface area contributed by atoms with E-state index in [1.165, 1.54) is 0 Å². The number of alkyl halides is 3. The first-order chi connectivity index (χ1) is 6.32. The van der Waals surface area contributed by atoms with Crippen molar-refractivity contribution >= 4 is 5.91 Å². The zero-order chi connectivity index (χ0) is 10.9. The molecule has 0 aliphatic carbocycles. The highest BCUT2D eigenvalue weighted by atomic mass is 19.4. The van der Waals surface area contributed by atoms with Crippen LogP contribution in [-0.2, 0) is 4.79 Å². The number of carbonyl (C=O) groups is 1. The first-order valence-electron chi connectivity index (χ1n) is 4.04. The van der Waals surface area contributed by atoms with Gasteiger partial charge >= 0.3 is 12.1 Å². The lowest BCUT2D eigenvalue weighted by atomic mass is 10.0. The summed E-state index contributed by atoms with van der Waals surface area (Å²) in [6.45, 7) is 7.17. The number of halogens is 3.